The van der Waals surface area contributed by atoms with E-state index in [0.717, 1.165) is 39.6 Å². The molecule has 2 atom stereocenters. The number of H-pyrrole nitrogens is 1. The van der Waals surface area contributed by atoms with Crippen LogP contribution in [0, 0.1) is 11.6 Å². The fourth-order valence-corrected chi connectivity index (χ4v) is 3.66. The van der Waals surface area contributed by atoms with E-state index in [1.54, 1.807) is 12.3 Å². The molecule has 140 valence electrons. The fraction of sp³-hybridized carbons (Fsp3) is 0.211. The van der Waals surface area contributed by atoms with Crippen LogP contribution in [0.5, 0.6) is 0 Å². The van der Waals surface area contributed by atoms with E-state index in [4.69, 9.17) is 11.6 Å². The Morgan fingerprint density at radius 1 is 1.19 bits per heavy atom. The van der Waals surface area contributed by atoms with Crippen molar-refractivity contribution < 1.29 is 18.7 Å². The first kappa shape index (κ1) is 17.9. The molecular weight excluding hydrogens is 376 g/mol. The summed E-state index contributed by atoms with van der Waals surface area (Å²) in [4.78, 5) is 16.9. The number of hydrogen-bond acceptors (Lipinski definition) is 3. The second-order valence-corrected chi connectivity index (χ2v) is 6.92. The van der Waals surface area contributed by atoms with Crippen LogP contribution in [-0.2, 0) is 17.8 Å². The first-order chi connectivity index (χ1) is 12.9. The highest BCUT2D eigenvalue weighted by Gasteiger charge is 2.38. The number of carbonyl (C=O) groups is 1. The Kier molecular flexibility index (Phi) is 4.59. The van der Waals surface area contributed by atoms with E-state index < -0.39 is 24.0 Å². The summed E-state index contributed by atoms with van der Waals surface area (Å²) < 4.78 is 26.7. The molecule has 0 aliphatic carbocycles. The Morgan fingerprint density at radius 2 is 1.93 bits per heavy atom. The predicted octanol–water partition coefficient (Wildman–Crippen LogP) is 2.92. The maximum atomic E-state index is 13.4. The molecule has 4 rings (SSSR count). The van der Waals surface area contributed by atoms with Gasteiger partial charge in [-0.1, -0.05) is 23.7 Å². The van der Waals surface area contributed by atoms with E-state index in [9.17, 15) is 18.7 Å². The number of aliphatic hydroxyl groups is 1. The van der Waals surface area contributed by atoms with Gasteiger partial charge in [0.1, 0.15) is 11.6 Å². The van der Waals surface area contributed by atoms with Crippen molar-refractivity contribution in [1.82, 2.24) is 15.2 Å². The Morgan fingerprint density at radius 3 is 2.67 bits per heavy atom. The van der Waals surface area contributed by atoms with Gasteiger partial charge in [-0.05, 0) is 35.7 Å². The van der Waals surface area contributed by atoms with E-state index in [2.05, 4.69) is 10.3 Å². The van der Waals surface area contributed by atoms with Gasteiger partial charge in [0, 0.05) is 24.2 Å². The van der Waals surface area contributed by atoms with Crippen LogP contribution in [0.1, 0.15) is 11.1 Å². The summed E-state index contributed by atoms with van der Waals surface area (Å²) in [5, 5.41) is 14.5. The summed E-state index contributed by atoms with van der Waals surface area (Å²) in [5.74, 6) is -1.80. The maximum absolute atomic E-state index is 13.4. The Balaban J connectivity index is 1.53. The lowest BCUT2D eigenvalue weighted by Gasteiger charge is -2.19. The molecular formula is C19H16ClF2N3O2. The normalized spacial score (nSPS) is 20.0. The smallest absolute Gasteiger partial charge is 0.243 e. The van der Waals surface area contributed by atoms with Crippen molar-refractivity contribution in [1.29, 1.82) is 0 Å². The zero-order valence-electron chi connectivity index (χ0n) is 14.0. The van der Waals surface area contributed by atoms with Gasteiger partial charge in [0.15, 0.2) is 6.35 Å². The number of fused-ring (bicyclic) bond motifs is 1. The fourth-order valence-electron chi connectivity index (χ4n) is 3.44. The minimum Gasteiger partial charge on any atom is -0.361 e. The van der Waals surface area contributed by atoms with Gasteiger partial charge < -0.3 is 10.1 Å². The number of nitrogens with one attached hydrogen (secondary N) is 2. The number of nitrogens with zero attached hydrogens (tertiary/aromatic N) is 1. The Labute approximate surface area is 158 Å². The van der Waals surface area contributed by atoms with Crippen molar-refractivity contribution in [3.8, 4) is 0 Å². The van der Waals surface area contributed by atoms with Crippen molar-refractivity contribution >= 4 is 28.4 Å². The van der Waals surface area contributed by atoms with Crippen LogP contribution in [0.25, 0.3) is 10.9 Å². The molecule has 0 spiro atoms. The maximum Gasteiger partial charge on any atom is 0.243 e. The number of aromatic nitrogens is 1. The number of halogens is 3. The molecule has 1 fully saturated rings. The van der Waals surface area contributed by atoms with Crippen molar-refractivity contribution in [2.45, 2.75) is 25.4 Å². The first-order valence-corrected chi connectivity index (χ1v) is 8.74. The number of aliphatic hydroxyl groups excluding tert-OH is 1. The summed E-state index contributed by atoms with van der Waals surface area (Å²) in [5.41, 5.74) is 1.93. The van der Waals surface area contributed by atoms with Crippen LogP contribution in [0.2, 0.25) is 5.02 Å². The van der Waals surface area contributed by atoms with Crippen LogP contribution >= 0.6 is 11.6 Å². The number of hydrogen-bond donors (Lipinski definition) is 3. The van der Waals surface area contributed by atoms with Crippen molar-refractivity contribution in [2.24, 2.45) is 0 Å². The van der Waals surface area contributed by atoms with Gasteiger partial charge in [-0.2, -0.15) is 0 Å². The summed E-state index contributed by atoms with van der Waals surface area (Å²) in [6, 6.07) is 7.87. The molecule has 1 aliphatic rings. The molecule has 3 aromatic rings. The molecule has 27 heavy (non-hydrogen) atoms. The van der Waals surface area contributed by atoms with Crippen LogP contribution < -0.4 is 5.32 Å². The standard InChI is InChI=1S/C19H16ClF2N3O2/c20-15-3-1-2-14-11(8-23-17(14)15)6-16-18(26)25(19(27)24-16)9-10-4-12(21)7-13(22)5-10/h1-5,7-8,16,19,23-24,27H,6,9H2/t16-,19?/m1/s1. The van der Waals surface area contributed by atoms with Gasteiger partial charge in [-0.3, -0.25) is 15.0 Å². The zero-order chi connectivity index (χ0) is 19.1. The van der Waals surface area contributed by atoms with Gasteiger partial charge >= 0.3 is 0 Å². The lowest BCUT2D eigenvalue weighted by molar-refractivity contribution is -0.134. The average Bonchev–Trinajstić information content (AvgIpc) is 3.12. The molecule has 8 heteroatoms. The van der Waals surface area contributed by atoms with Crippen LogP contribution in [0.3, 0.4) is 0 Å². The lowest BCUT2D eigenvalue weighted by atomic mass is 10.0. The summed E-state index contributed by atoms with van der Waals surface area (Å²) in [6.45, 7) is -0.0993. The predicted molar refractivity (Wildman–Crippen MR) is 96.9 cm³/mol. The molecule has 0 radical (unpaired) electrons. The molecule has 0 bridgehead atoms. The third-order valence-electron chi connectivity index (χ3n) is 4.68. The van der Waals surface area contributed by atoms with Gasteiger partial charge in [0.25, 0.3) is 0 Å². The molecule has 3 N–H and O–H groups in total. The number of rotatable bonds is 4. The monoisotopic (exact) mass is 391 g/mol. The summed E-state index contributed by atoms with van der Waals surface area (Å²) in [6.07, 6.45) is 0.884. The minimum atomic E-state index is -1.23. The second-order valence-electron chi connectivity index (χ2n) is 6.52. The molecule has 2 heterocycles. The van der Waals surface area contributed by atoms with Gasteiger partial charge in [0.05, 0.1) is 16.6 Å². The van der Waals surface area contributed by atoms with Crippen molar-refractivity contribution in [3.05, 3.63) is 70.4 Å². The number of benzene rings is 2. The molecule has 2 aromatic carbocycles. The van der Waals surface area contributed by atoms with Gasteiger partial charge in [0.2, 0.25) is 5.91 Å². The molecule has 1 saturated heterocycles. The molecule has 1 unspecified atom stereocenters. The van der Waals surface area contributed by atoms with Crippen molar-refractivity contribution in [3.63, 3.8) is 0 Å². The minimum absolute atomic E-state index is 0.0993. The number of amides is 1. The van der Waals surface area contributed by atoms with Gasteiger partial charge in [-0.15, -0.1) is 0 Å². The molecule has 0 saturated carbocycles. The summed E-state index contributed by atoms with van der Waals surface area (Å²) >= 11 is 6.15. The second kappa shape index (κ2) is 6.92. The van der Waals surface area contributed by atoms with E-state index in [1.807, 2.05) is 12.1 Å². The van der Waals surface area contributed by atoms with Crippen molar-refractivity contribution in [2.75, 3.05) is 0 Å². The largest absolute Gasteiger partial charge is 0.361 e. The highest BCUT2D eigenvalue weighted by atomic mass is 35.5. The topological polar surface area (TPSA) is 68.4 Å². The number of para-hydroxylation sites is 1. The van der Waals surface area contributed by atoms with E-state index in [-0.39, 0.29) is 18.0 Å². The van der Waals surface area contributed by atoms with Crippen LogP contribution in [0.4, 0.5) is 8.78 Å². The third kappa shape index (κ3) is 3.41. The highest BCUT2D eigenvalue weighted by molar-refractivity contribution is 6.35. The van der Waals surface area contributed by atoms with E-state index in [0.29, 0.717) is 11.4 Å². The molecule has 1 amide bonds. The molecule has 1 aromatic heterocycles. The number of carbonyl (C=O) groups excluding carboxylic acids is 1. The SMILES string of the molecule is O=C1[C@@H](Cc2c[nH]c3c(Cl)cccc23)NC(O)N1Cc1cc(F)cc(F)c1. The quantitative estimate of drug-likeness (QED) is 0.640. The third-order valence-corrected chi connectivity index (χ3v) is 4.99. The van der Waals surface area contributed by atoms with E-state index in [1.165, 1.54) is 0 Å². The van der Waals surface area contributed by atoms with E-state index >= 15 is 0 Å². The van der Waals surface area contributed by atoms with Gasteiger partial charge in [-0.25, -0.2) is 8.78 Å². The van der Waals surface area contributed by atoms with Crippen LogP contribution in [0.15, 0.2) is 42.6 Å². The molecule has 1 aliphatic heterocycles. The Hall–Kier alpha value is -2.48. The highest BCUT2D eigenvalue weighted by Crippen LogP contribution is 2.27. The average molecular weight is 392 g/mol. The molecule has 5 nitrogen and oxygen atoms in total. The zero-order valence-corrected chi connectivity index (χ0v) is 14.8. The first-order valence-electron chi connectivity index (χ1n) is 8.36. The number of aromatic amines is 1. The summed E-state index contributed by atoms with van der Waals surface area (Å²) in [7, 11) is 0. The Bertz CT molecular complexity index is 1000. The lowest BCUT2D eigenvalue weighted by Crippen LogP contribution is -2.36. The van der Waals surface area contributed by atoms with Crippen LogP contribution in [-0.4, -0.2) is 33.3 Å².